The molecule has 1 aliphatic heterocycles. The van der Waals surface area contributed by atoms with E-state index in [1.54, 1.807) is 44.6 Å². The summed E-state index contributed by atoms with van der Waals surface area (Å²) in [5.74, 6) is 0.395. The largest absolute Gasteiger partial charge is 0.497 e. The third-order valence-corrected chi connectivity index (χ3v) is 5.59. The first-order valence-electron chi connectivity index (χ1n) is 9.19. The first-order chi connectivity index (χ1) is 14.5. The maximum atomic E-state index is 12.4. The summed E-state index contributed by atoms with van der Waals surface area (Å²) in [6.07, 6.45) is 0.142. The third-order valence-electron chi connectivity index (χ3n) is 4.57. The molecule has 154 valence electrons. The fourth-order valence-corrected chi connectivity index (χ4v) is 4.07. The molecule has 2 amide bonds. The van der Waals surface area contributed by atoms with Crippen molar-refractivity contribution in [1.82, 2.24) is 5.32 Å². The van der Waals surface area contributed by atoms with E-state index in [2.05, 4.69) is 16.7 Å². The maximum absolute atomic E-state index is 12.4. The highest BCUT2D eigenvalue weighted by Crippen LogP contribution is 2.39. The number of benzene rings is 2. The van der Waals surface area contributed by atoms with Gasteiger partial charge in [0.25, 0.3) is 0 Å². The number of carbonyl (C=O) groups excluding carboxylic acids is 2. The lowest BCUT2D eigenvalue weighted by molar-refractivity contribution is -0.121. The number of hydrogen-bond donors (Lipinski definition) is 2. The Hall–Kier alpha value is -3.44. The summed E-state index contributed by atoms with van der Waals surface area (Å²) in [5, 5.41) is 15.7. The van der Waals surface area contributed by atoms with Crippen LogP contribution in [0.3, 0.4) is 0 Å². The highest BCUT2D eigenvalue weighted by Gasteiger charge is 2.31. The van der Waals surface area contributed by atoms with Gasteiger partial charge in [-0.05, 0) is 18.2 Å². The average molecular weight is 423 g/mol. The van der Waals surface area contributed by atoms with E-state index in [0.29, 0.717) is 27.8 Å². The van der Waals surface area contributed by atoms with E-state index in [-0.39, 0.29) is 24.0 Å². The topological polar surface area (TPSA) is 100 Å². The number of allylic oxidation sites excluding steroid dienone is 1. The highest BCUT2D eigenvalue weighted by atomic mass is 32.2. The quantitative estimate of drug-likeness (QED) is 0.708. The van der Waals surface area contributed by atoms with Crippen LogP contribution in [0.4, 0.5) is 5.69 Å². The Labute approximate surface area is 179 Å². The molecular weight excluding hydrogens is 402 g/mol. The third kappa shape index (κ3) is 4.93. The van der Waals surface area contributed by atoms with E-state index >= 15 is 0 Å². The number of hydrogen-bond acceptors (Lipinski definition) is 6. The van der Waals surface area contributed by atoms with Crippen molar-refractivity contribution < 1.29 is 19.1 Å². The minimum atomic E-state index is -0.427. The number of ether oxygens (including phenoxy) is 2. The van der Waals surface area contributed by atoms with Crippen molar-refractivity contribution in [2.45, 2.75) is 12.3 Å². The maximum Gasteiger partial charge on any atom is 0.234 e. The number of nitriles is 1. The van der Waals surface area contributed by atoms with E-state index in [9.17, 15) is 14.9 Å². The van der Waals surface area contributed by atoms with Crippen LogP contribution in [0.1, 0.15) is 17.9 Å². The van der Waals surface area contributed by atoms with E-state index in [1.165, 1.54) is 0 Å². The zero-order valence-corrected chi connectivity index (χ0v) is 17.4. The number of rotatable bonds is 7. The van der Waals surface area contributed by atoms with Crippen molar-refractivity contribution in [1.29, 1.82) is 5.26 Å². The van der Waals surface area contributed by atoms with Gasteiger partial charge in [-0.3, -0.25) is 9.59 Å². The van der Waals surface area contributed by atoms with Gasteiger partial charge in [0.1, 0.15) is 11.5 Å². The first kappa shape index (κ1) is 21.3. The van der Waals surface area contributed by atoms with Crippen molar-refractivity contribution in [3.05, 3.63) is 64.7 Å². The molecule has 2 aromatic rings. The number of methoxy groups -OCH3 is 2. The normalized spacial score (nSPS) is 15.8. The summed E-state index contributed by atoms with van der Waals surface area (Å²) >= 11 is 1.12. The van der Waals surface area contributed by atoms with Gasteiger partial charge in [0, 0.05) is 29.7 Å². The number of nitrogens with one attached hydrogen (secondary N) is 2. The molecule has 7 nitrogen and oxygen atoms in total. The Morgan fingerprint density at radius 2 is 2.03 bits per heavy atom. The van der Waals surface area contributed by atoms with Crippen molar-refractivity contribution in [3.63, 3.8) is 0 Å². The Morgan fingerprint density at radius 3 is 2.77 bits per heavy atom. The number of amides is 2. The van der Waals surface area contributed by atoms with Crippen LogP contribution in [-0.2, 0) is 9.59 Å². The minimum Gasteiger partial charge on any atom is -0.497 e. The molecule has 2 N–H and O–H groups in total. The lowest BCUT2D eigenvalue weighted by Gasteiger charge is -2.26. The Kier molecular flexibility index (Phi) is 6.99. The molecule has 0 bridgehead atoms. The first-order valence-corrected chi connectivity index (χ1v) is 10.2. The van der Waals surface area contributed by atoms with Gasteiger partial charge >= 0.3 is 0 Å². The van der Waals surface area contributed by atoms with Crippen LogP contribution >= 0.6 is 11.8 Å². The molecule has 0 spiro atoms. The lowest BCUT2D eigenvalue weighted by Crippen LogP contribution is -2.31. The second-order valence-corrected chi connectivity index (χ2v) is 7.46. The van der Waals surface area contributed by atoms with Gasteiger partial charge in [0.2, 0.25) is 11.8 Å². The molecule has 30 heavy (non-hydrogen) atoms. The molecule has 0 saturated carbocycles. The summed E-state index contributed by atoms with van der Waals surface area (Å²) in [4.78, 5) is 24.7. The molecule has 1 unspecified atom stereocenters. The second kappa shape index (κ2) is 9.85. The van der Waals surface area contributed by atoms with Crippen LogP contribution < -0.4 is 20.1 Å². The van der Waals surface area contributed by atoms with E-state index < -0.39 is 5.92 Å². The van der Waals surface area contributed by atoms with E-state index in [1.807, 2.05) is 18.2 Å². The van der Waals surface area contributed by atoms with E-state index in [0.717, 1.165) is 17.3 Å². The van der Waals surface area contributed by atoms with Gasteiger partial charge < -0.3 is 20.1 Å². The average Bonchev–Trinajstić information content (AvgIpc) is 2.77. The molecule has 8 heteroatoms. The number of nitrogens with zero attached hydrogens (tertiary/aromatic N) is 1. The van der Waals surface area contributed by atoms with Crippen molar-refractivity contribution in [3.8, 4) is 17.6 Å². The van der Waals surface area contributed by atoms with Crippen LogP contribution in [0.25, 0.3) is 0 Å². The Bertz CT molecular complexity index is 1030. The minimum absolute atomic E-state index is 0.0383. The fraction of sp³-hybridized carbons (Fsp3) is 0.227. The monoisotopic (exact) mass is 423 g/mol. The van der Waals surface area contributed by atoms with Crippen molar-refractivity contribution >= 4 is 29.3 Å². The van der Waals surface area contributed by atoms with Crippen LogP contribution in [0.2, 0.25) is 0 Å². The predicted octanol–water partition coefficient (Wildman–Crippen LogP) is 3.41. The number of carbonyl (C=O) groups is 2. The van der Waals surface area contributed by atoms with Crippen molar-refractivity contribution in [2.24, 2.45) is 0 Å². The van der Waals surface area contributed by atoms with Crippen LogP contribution in [0.15, 0.2) is 59.1 Å². The molecule has 1 atom stereocenters. The van der Waals surface area contributed by atoms with Crippen molar-refractivity contribution in [2.75, 3.05) is 25.3 Å². The lowest BCUT2D eigenvalue weighted by atomic mass is 9.86. The molecule has 0 aliphatic carbocycles. The predicted molar refractivity (Wildman–Crippen MR) is 115 cm³/mol. The van der Waals surface area contributed by atoms with Gasteiger partial charge in [-0.2, -0.15) is 5.26 Å². The number of para-hydroxylation sites is 1. The summed E-state index contributed by atoms with van der Waals surface area (Å²) in [5.41, 5.74) is 1.79. The summed E-state index contributed by atoms with van der Waals surface area (Å²) in [7, 11) is 3.10. The molecule has 3 rings (SSSR count). The van der Waals surface area contributed by atoms with Gasteiger partial charge in [0.05, 0.1) is 36.6 Å². The molecule has 1 aliphatic rings. The van der Waals surface area contributed by atoms with Gasteiger partial charge in [0.15, 0.2) is 0 Å². The van der Waals surface area contributed by atoms with Gasteiger partial charge in [-0.1, -0.05) is 36.0 Å². The molecule has 0 fully saturated rings. The zero-order chi connectivity index (χ0) is 21.5. The molecule has 2 aromatic carbocycles. The van der Waals surface area contributed by atoms with Gasteiger partial charge in [-0.25, -0.2) is 0 Å². The molecule has 0 aromatic heterocycles. The molecule has 0 saturated heterocycles. The Morgan fingerprint density at radius 1 is 1.23 bits per heavy atom. The summed E-state index contributed by atoms with van der Waals surface area (Å²) in [6.45, 7) is 0. The summed E-state index contributed by atoms with van der Waals surface area (Å²) in [6, 6.07) is 16.5. The van der Waals surface area contributed by atoms with Crippen LogP contribution in [-0.4, -0.2) is 31.8 Å². The molecular formula is C22H21N3O4S. The number of thioether (sulfide) groups is 1. The standard InChI is InChI=1S/C22H21N3O4S/c1-28-15-7-5-6-14(10-15)24-21(27)13-30-22-18(12-23)17(11-20(26)25-22)16-8-3-4-9-19(16)29-2/h3-10,17H,11,13H2,1-2H3,(H,24,27)(H,25,26). The molecule has 1 heterocycles. The van der Waals surface area contributed by atoms with E-state index in [4.69, 9.17) is 9.47 Å². The number of anilines is 1. The summed E-state index contributed by atoms with van der Waals surface area (Å²) < 4.78 is 10.5. The zero-order valence-electron chi connectivity index (χ0n) is 16.6. The SMILES string of the molecule is COc1cccc(NC(=O)CSC2=C(C#N)C(c3ccccc3OC)CC(=O)N2)c1. The Balaban J connectivity index is 1.77. The van der Waals surface area contributed by atoms with Crippen LogP contribution in [0, 0.1) is 11.3 Å². The second-order valence-electron chi connectivity index (χ2n) is 6.47. The smallest absolute Gasteiger partial charge is 0.234 e. The molecule has 0 radical (unpaired) electrons. The van der Waals surface area contributed by atoms with Crippen LogP contribution in [0.5, 0.6) is 11.5 Å². The van der Waals surface area contributed by atoms with Gasteiger partial charge in [-0.15, -0.1) is 0 Å². The fourth-order valence-electron chi connectivity index (χ4n) is 3.19. The highest BCUT2D eigenvalue weighted by molar-refractivity contribution is 8.03.